The highest BCUT2D eigenvalue weighted by Crippen LogP contribution is 2.43. The summed E-state index contributed by atoms with van der Waals surface area (Å²) in [5.41, 5.74) is 3.10. The van der Waals surface area contributed by atoms with Crippen LogP contribution in [0.5, 0.6) is 11.5 Å². The SMILES string of the molecule is COc1ccc(N2CN(Cc3c(Cl)cccc3Cl)c3ccccc3S2)cc1OC. The molecule has 29 heavy (non-hydrogen) atoms. The van der Waals surface area contributed by atoms with Gasteiger partial charge in [0, 0.05) is 28.2 Å². The van der Waals surface area contributed by atoms with E-state index in [0.29, 0.717) is 34.8 Å². The maximum absolute atomic E-state index is 6.44. The maximum Gasteiger partial charge on any atom is 0.162 e. The molecule has 4 rings (SSSR count). The Morgan fingerprint density at radius 3 is 2.34 bits per heavy atom. The topological polar surface area (TPSA) is 24.9 Å². The summed E-state index contributed by atoms with van der Waals surface area (Å²) < 4.78 is 13.1. The summed E-state index contributed by atoms with van der Waals surface area (Å²) in [5.74, 6) is 1.41. The quantitative estimate of drug-likeness (QED) is 0.416. The van der Waals surface area contributed by atoms with Gasteiger partial charge in [0.2, 0.25) is 0 Å². The lowest BCUT2D eigenvalue weighted by Crippen LogP contribution is -2.37. The molecule has 0 fully saturated rings. The zero-order valence-electron chi connectivity index (χ0n) is 16.1. The molecule has 0 saturated heterocycles. The van der Waals surface area contributed by atoms with Gasteiger partial charge in [-0.1, -0.05) is 41.4 Å². The summed E-state index contributed by atoms with van der Waals surface area (Å²) in [6.07, 6.45) is 0. The van der Waals surface area contributed by atoms with Crippen LogP contribution in [0.4, 0.5) is 11.4 Å². The van der Waals surface area contributed by atoms with Gasteiger partial charge in [0.25, 0.3) is 0 Å². The predicted octanol–water partition coefficient (Wildman–Crippen LogP) is 6.50. The fourth-order valence-electron chi connectivity index (χ4n) is 3.30. The summed E-state index contributed by atoms with van der Waals surface area (Å²) in [7, 11) is 3.28. The number of ether oxygens (including phenoxy) is 2. The van der Waals surface area contributed by atoms with E-state index in [4.69, 9.17) is 32.7 Å². The van der Waals surface area contributed by atoms with Gasteiger partial charge >= 0.3 is 0 Å². The first-order valence-electron chi connectivity index (χ1n) is 9.05. The number of hydrogen-bond donors (Lipinski definition) is 0. The number of benzene rings is 3. The second-order valence-corrected chi connectivity index (χ2v) is 8.39. The lowest BCUT2D eigenvalue weighted by Gasteiger charge is -2.38. The number of nitrogens with zero attached hydrogens (tertiary/aromatic N) is 2. The van der Waals surface area contributed by atoms with Crippen molar-refractivity contribution in [3.05, 3.63) is 76.3 Å². The number of para-hydroxylation sites is 1. The number of methoxy groups -OCH3 is 2. The summed E-state index contributed by atoms with van der Waals surface area (Å²) in [4.78, 5) is 3.44. The molecule has 0 unspecified atom stereocenters. The van der Waals surface area contributed by atoms with Gasteiger partial charge in [0.15, 0.2) is 11.5 Å². The van der Waals surface area contributed by atoms with Crippen molar-refractivity contribution in [2.24, 2.45) is 0 Å². The Labute approximate surface area is 185 Å². The van der Waals surface area contributed by atoms with Crippen molar-refractivity contribution in [1.82, 2.24) is 0 Å². The van der Waals surface area contributed by atoms with E-state index in [0.717, 1.165) is 21.8 Å². The molecule has 1 heterocycles. The van der Waals surface area contributed by atoms with Gasteiger partial charge in [-0.2, -0.15) is 0 Å². The molecule has 1 aliphatic rings. The molecular weight excluding hydrogens is 427 g/mol. The van der Waals surface area contributed by atoms with Gasteiger partial charge in [0.05, 0.1) is 30.5 Å². The molecule has 1 aliphatic heterocycles. The van der Waals surface area contributed by atoms with Crippen LogP contribution in [0.25, 0.3) is 0 Å². The van der Waals surface area contributed by atoms with E-state index in [1.165, 1.54) is 0 Å². The fourth-order valence-corrected chi connectivity index (χ4v) is 4.90. The van der Waals surface area contributed by atoms with E-state index < -0.39 is 0 Å². The minimum absolute atomic E-state index is 0.611. The highest BCUT2D eigenvalue weighted by molar-refractivity contribution is 8.00. The zero-order valence-corrected chi connectivity index (χ0v) is 18.4. The summed E-state index contributed by atoms with van der Waals surface area (Å²) in [6, 6.07) is 19.9. The normalized spacial score (nSPS) is 13.2. The first kappa shape index (κ1) is 20.1. The van der Waals surface area contributed by atoms with Crippen molar-refractivity contribution in [2.45, 2.75) is 11.4 Å². The monoisotopic (exact) mass is 446 g/mol. The zero-order chi connectivity index (χ0) is 20.4. The molecular formula is C22H20Cl2N2O2S. The van der Waals surface area contributed by atoms with Crippen LogP contribution in [0.15, 0.2) is 65.6 Å². The molecule has 0 saturated carbocycles. The van der Waals surface area contributed by atoms with E-state index >= 15 is 0 Å². The first-order chi connectivity index (χ1) is 14.1. The van der Waals surface area contributed by atoms with Gasteiger partial charge in [-0.15, -0.1) is 0 Å². The summed E-state index contributed by atoms with van der Waals surface area (Å²) in [6.45, 7) is 1.28. The van der Waals surface area contributed by atoms with Gasteiger partial charge in [-0.3, -0.25) is 4.31 Å². The van der Waals surface area contributed by atoms with E-state index in [2.05, 4.69) is 21.3 Å². The molecule has 7 heteroatoms. The molecule has 0 atom stereocenters. The summed E-state index contributed by atoms with van der Waals surface area (Å²) in [5, 5.41) is 1.34. The molecule has 0 aliphatic carbocycles. The number of fused-ring (bicyclic) bond motifs is 1. The Morgan fingerprint density at radius 1 is 0.897 bits per heavy atom. The van der Waals surface area contributed by atoms with Crippen LogP contribution in [-0.2, 0) is 6.54 Å². The average Bonchev–Trinajstić information content (AvgIpc) is 2.75. The van der Waals surface area contributed by atoms with Crippen LogP contribution >= 0.6 is 35.1 Å². The minimum Gasteiger partial charge on any atom is -0.493 e. The molecule has 3 aromatic carbocycles. The van der Waals surface area contributed by atoms with E-state index in [9.17, 15) is 0 Å². The largest absolute Gasteiger partial charge is 0.493 e. The second kappa shape index (κ2) is 8.66. The molecule has 4 nitrogen and oxygen atoms in total. The Balaban J connectivity index is 1.70. The van der Waals surface area contributed by atoms with E-state index in [1.54, 1.807) is 26.2 Å². The number of halogens is 2. The Morgan fingerprint density at radius 2 is 1.62 bits per heavy atom. The highest BCUT2D eigenvalue weighted by Gasteiger charge is 2.25. The van der Waals surface area contributed by atoms with Crippen LogP contribution in [0.2, 0.25) is 10.0 Å². The van der Waals surface area contributed by atoms with Crippen molar-refractivity contribution >= 4 is 46.5 Å². The predicted molar refractivity (Wildman–Crippen MR) is 122 cm³/mol. The Bertz CT molecular complexity index is 1010. The fraction of sp³-hybridized carbons (Fsp3) is 0.182. The van der Waals surface area contributed by atoms with Gasteiger partial charge in [-0.25, -0.2) is 0 Å². The molecule has 0 bridgehead atoms. The lowest BCUT2D eigenvalue weighted by atomic mass is 10.2. The third-order valence-electron chi connectivity index (χ3n) is 4.78. The molecule has 0 spiro atoms. The van der Waals surface area contributed by atoms with E-state index in [1.807, 2.05) is 48.5 Å². The van der Waals surface area contributed by atoms with Crippen molar-refractivity contribution in [2.75, 3.05) is 30.1 Å². The van der Waals surface area contributed by atoms with Crippen molar-refractivity contribution in [1.29, 1.82) is 0 Å². The van der Waals surface area contributed by atoms with Crippen LogP contribution in [0.1, 0.15) is 5.56 Å². The Hall–Kier alpha value is -2.21. The molecule has 0 amide bonds. The smallest absolute Gasteiger partial charge is 0.162 e. The molecule has 0 N–H and O–H groups in total. The Kier molecular flexibility index (Phi) is 5.99. The van der Waals surface area contributed by atoms with Crippen molar-refractivity contribution in [3.8, 4) is 11.5 Å². The molecule has 0 aromatic heterocycles. The molecule has 3 aromatic rings. The highest BCUT2D eigenvalue weighted by atomic mass is 35.5. The van der Waals surface area contributed by atoms with E-state index in [-0.39, 0.29) is 0 Å². The third-order valence-corrected chi connectivity index (χ3v) is 6.58. The number of anilines is 2. The number of rotatable bonds is 5. The maximum atomic E-state index is 6.44. The van der Waals surface area contributed by atoms with Crippen molar-refractivity contribution < 1.29 is 9.47 Å². The number of hydrogen-bond acceptors (Lipinski definition) is 5. The minimum atomic E-state index is 0.611. The van der Waals surface area contributed by atoms with Crippen LogP contribution < -0.4 is 18.7 Å². The third kappa shape index (κ3) is 4.08. The molecule has 150 valence electrons. The second-order valence-electron chi connectivity index (χ2n) is 6.52. The van der Waals surface area contributed by atoms with Gasteiger partial charge in [-0.05, 0) is 48.3 Å². The van der Waals surface area contributed by atoms with Gasteiger partial charge < -0.3 is 14.4 Å². The molecule has 0 radical (unpaired) electrons. The van der Waals surface area contributed by atoms with Crippen LogP contribution in [0.3, 0.4) is 0 Å². The summed E-state index contributed by atoms with van der Waals surface area (Å²) >= 11 is 14.6. The van der Waals surface area contributed by atoms with Gasteiger partial charge in [0.1, 0.15) is 6.67 Å². The standard InChI is InChI=1S/C22H20Cl2N2O2S/c1-27-20-11-10-15(12-21(20)28-2)26-14-25(19-8-3-4-9-22(19)29-26)13-16-17(23)6-5-7-18(16)24/h3-12H,13-14H2,1-2H3. The lowest BCUT2D eigenvalue weighted by molar-refractivity contribution is 0.355. The van der Waals surface area contributed by atoms with Crippen molar-refractivity contribution in [3.63, 3.8) is 0 Å². The average molecular weight is 447 g/mol. The van der Waals surface area contributed by atoms with Crippen LogP contribution in [0, 0.1) is 0 Å². The van der Waals surface area contributed by atoms with Crippen LogP contribution in [-0.4, -0.2) is 20.9 Å². The first-order valence-corrected chi connectivity index (χ1v) is 10.6.